The second kappa shape index (κ2) is 6.42. The van der Waals surface area contributed by atoms with Crippen molar-refractivity contribution in [1.82, 2.24) is 10.3 Å². The average molecular weight is 239 g/mol. The Morgan fingerprint density at radius 3 is 2.94 bits per heavy atom. The van der Waals surface area contributed by atoms with Crippen LogP contribution < -0.4 is 5.32 Å². The number of rotatable bonds is 6. The maximum atomic E-state index is 9.60. The molecule has 1 heterocycles. The first-order valence-electron chi connectivity index (χ1n) is 5.69. The van der Waals surface area contributed by atoms with Crippen molar-refractivity contribution >= 4 is 6.21 Å². The van der Waals surface area contributed by atoms with E-state index in [9.17, 15) is 5.11 Å². The molecule has 0 bridgehead atoms. The topological polar surface area (TPSA) is 69.6 Å². The quantitative estimate of drug-likeness (QED) is 0.514. The van der Waals surface area contributed by atoms with Crippen LogP contribution in [-0.2, 0) is 4.84 Å². The van der Waals surface area contributed by atoms with Gasteiger partial charge in [-0.15, -0.1) is 0 Å². The molecule has 0 amide bonds. The molecule has 0 aromatic carbocycles. The zero-order chi connectivity index (χ0) is 12.7. The highest BCUT2D eigenvalue weighted by atomic mass is 16.6. The second-order valence-electron chi connectivity index (χ2n) is 4.94. The summed E-state index contributed by atoms with van der Waals surface area (Å²) >= 11 is 0. The molecule has 1 aromatic heterocycles. The summed E-state index contributed by atoms with van der Waals surface area (Å²) < 4.78 is 0. The fourth-order valence-electron chi connectivity index (χ4n) is 1.13. The molecule has 0 radical (unpaired) electrons. The van der Waals surface area contributed by atoms with E-state index in [-0.39, 0.29) is 12.1 Å². The lowest BCUT2D eigenvalue weighted by Gasteiger charge is -2.22. The number of hydrogen-bond acceptors (Lipinski definition) is 4. The summed E-state index contributed by atoms with van der Waals surface area (Å²) in [5, 5.41) is 16.5. The highest BCUT2D eigenvalue weighted by molar-refractivity contribution is 5.76. The van der Waals surface area contributed by atoms with Crippen molar-refractivity contribution in [1.29, 1.82) is 0 Å². The third-order valence-electron chi connectivity index (χ3n) is 2.02. The van der Waals surface area contributed by atoms with Gasteiger partial charge in [-0.3, -0.25) is 0 Å². The van der Waals surface area contributed by atoms with Crippen molar-refractivity contribution in [2.45, 2.75) is 32.4 Å². The molecule has 1 atom stereocenters. The minimum atomic E-state index is -0.560. The van der Waals surface area contributed by atoms with E-state index in [1.165, 1.54) is 0 Å². The monoisotopic (exact) mass is 239 g/mol. The summed E-state index contributed by atoms with van der Waals surface area (Å²) in [7, 11) is 0. The lowest BCUT2D eigenvalue weighted by Crippen LogP contribution is -2.42. The third kappa shape index (κ3) is 6.76. The number of H-pyrrole nitrogens is 1. The van der Waals surface area contributed by atoms with E-state index in [1.807, 2.05) is 39.1 Å². The number of aliphatic hydroxyl groups excluding tert-OH is 1. The van der Waals surface area contributed by atoms with Crippen molar-refractivity contribution in [2.75, 3.05) is 13.2 Å². The van der Waals surface area contributed by atoms with E-state index in [1.54, 1.807) is 6.21 Å². The Morgan fingerprint density at radius 2 is 2.35 bits per heavy atom. The van der Waals surface area contributed by atoms with Gasteiger partial charge < -0.3 is 20.2 Å². The molecule has 3 N–H and O–H groups in total. The molecule has 5 heteroatoms. The molecule has 96 valence electrons. The van der Waals surface area contributed by atoms with Crippen LogP contribution >= 0.6 is 0 Å². The Kier molecular flexibility index (Phi) is 5.18. The molecule has 0 spiro atoms. The minimum absolute atomic E-state index is 0.00546. The van der Waals surface area contributed by atoms with Crippen LogP contribution in [0.1, 0.15) is 26.5 Å². The van der Waals surface area contributed by atoms with Gasteiger partial charge in [0.15, 0.2) is 0 Å². The van der Waals surface area contributed by atoms with Crippen molar-refractivity contribution in [3.05, 3.63) is 24.0 Å². The van der Waals surface area contributed by atoms with Crippen LogP contribution in [0.5, 0.6) is 0 Å². The maximum Gasteiger partial charge on any atom is 0.144 e. The predicted molar refractivity (Wildman–Crippen MR) is 68.1 cm³/mol. The van der Waals surface area contributed by atoms with E-state index >= 15 is 0 Å². The van der Waals surface area contributed by atoms with E-state index in [0.29, 0.717) is 6.54 Å². The summed E-state index contributed by atoms with van der Waals surface area (Å²) in [5.74, 6) is 0. The second-order valence-corrected chi connectivity index (χ2v) is 4.94. The van der Waals surface area contributed by atoms with E-state index in [4.69, 9.17) is 4.84 Å². The van der Waals surface area contributed by atoms with Gasteiger partial charge in [0, 0.05) is 18.3 Å². The molecule has 0 aliphatic rings. The summed E-state index contributed by atoms with van der Waals surface area (Å²) in [6, 6.07) is 3.76. The van der Waals surface area contributed by atoms with Crippen LogP contribution in [0.4, 0.5) is 0 Å². The molecular weight excluding hydrogens is 218 g/mol. The van der Waals surface area contributed by atoms with Gasteiger partial charge in [0.05, 0.1) is 11.9 Å². The smallest absolute Gasteiger partial charge is 0.144 e. The minimum Gasteiger partial charge on any atom is -0.393 e. The maximum absolute atomic E-state index is 9.60. The molecule has 17 heavy (non-hydrogen) atoms. The summed E-state index contributed by atoms with van der Waals surface area (Å²) in [5.41, 5.74) is 0.862. The molecule has 0 fully saturated rings. The number of β-amino-alcohol motifs (C(OH)–C–C–N with tert-alkyl or cyclic N) is 1. The summed E-state index contributed by atoms with van der Waals surface area (Å²) in [4.78, 5) is 7.96. The lowest BCUT2D eigenvalue weighted by molar-refractivity contribution is 0.0379. The predicted octanol–water partition coefficient (Wildman–Crippen LogP) is 1.11. The number of aromatic nitrogens is 1. The highest BCUT2D eigenvalue weighted by Gasteiger charge is 2.12. The fourth-order valence-corrected chi connectivity index (χ4v) is 1.13. The van der Waals surface area contributed by atoms with Gasteiger partial charge >= 0.3 is 0 Å². The normalized spacial score (nSPS) is 14.1. The summed E-state index contributed by atoms with van der Waals surface area (Å²) in [6.07, 6.45) is 2.82. The van der Waals surface area contributed by atoms with Gasteiger partial charge in [-0.1, -0.05) is 5.16 Å². The van der Waals surface area contributed by atoms with Crippen molar-refractivity contribution in [2.24, 2.45) is 5.16 Å². The lowest BCUT2D eigenvalue weighted by atomic mass is 10.1. The van der Waals surface area contributed by atoms with Gasteiger partial charge in [-0.05, 0) is 32.9 Å². The van der Waals surface area contributed by atoms with Gasteiger partial charge in [0.2, 0.25) is 0 Å². The molecule has 0 saturated heterocycles. The highest BCUT2D eigenvalue weighted by Crippen LogP contribution is 1.98. The first-order chi connectivity index (χ1) is 7.97. The molecule has 1 aromatic rings. The van der Waals surface area contributed by atoms with Crippen molar-refractivity contribution in [3.8, 4) is 0 Å². The van der Waals surface area contributed by atoms with Crippen LogP contribution in [0.25, 0.3) is 0 Å². The largest absolute Gasteiger partial charge is 0.393 e. The van der Waals surface area contributed by atoms with Crippen LogP contribution in [0.15, 0.2) is 23.5 Å². The van der Waals surface area contributed by atoms with E-state index in [0.717, 1.165) is 5.69 Å². The number of aliphatic hydroxyl groups is 1. The Labute approximate surface area is 102 Å². The van der Waals surface area contributed by atoms with Gasteiger partial charge in [-0.25, -0.2) is 0 Å². The van der Waals surface area contributed by atoms with Crippen LogP contribution in [0.2, 0.25) is 0 Å². The van der Waals surface area contributed by atoms with Crippen LogP contribution in [0, 0.1) is 0 Å². The van der Waals surface area contributed by atoms with Gasteiger partial charge in [0.1, 0.15) is 12.7 Å². The first kappa shape index (κ1) is 13.7. The molecular formula is C12H21N3O2. The van der Waals surface area contributed by atoms with Crippen LogP contribution in [-0.4, -0.2) is 41.1 Å². The van der Waals surface area contributed by atoms with Crippen LogP contribution in [0.3, 0.4) is 0 Å². The third-order valence-corrected chi connectivity index (χ3v) is 2.02. The number of aromatic amines is 1. The molecule has 0 aliphatic carbocycles. The Hall–Kier alpha value is -1.33. The van der Waals surface area contributed by atoms with Crippen molar-refractivity contribution in [3.63, 3.8) is 0 Å². The molecule has 1 rings (SSSR count). The van der Waals surface area contributed by atoms with E-state index in [2.05, 4.69) is 15.5 Å². The first-order valence-corrected chi connectivity index (χ1v) is 5.69. The Morgan fingerprint density at radius 1 is 1.59 bits per heavy atom. The molecule has 1 unspecified atom stereocenters. The fraction of sp³-hybridized carbons (Fsp3) is 0.583. The number of nitrogens with one attached hydrogen (secondary N) is 2. The van der Waals surface area contributed by atoms with Gasteiger partial charge in [0.25, 0.3) is 0 Å². The SMILES string of the molecule is CC(C)(C)NCC(O)CO/N=C/c1ccc[nH]1. The zero-order valence-corrected chi connectivity index (χ0v) is 10.6. The molecule has 0 saturated carbocycles. The van der Waals surface area contributed by atoms with Crippen molar-refractivity contribution < 1.29 is 9.94 Å². The Bertz CT molecular complexity index is 328. The average Bonchev–Trinajstić information content (AvgIpc) is 2.73. The summed E-state index contributed by atoms with van der Waals surface area (Å²) in [6.45, 7) is 6.81. The zero-order valence-electron chi connectivity index (χ0n) is 10.6. The van der Waals surface area contributed by atoms with Gasteiger partial charge in [-0.2, -0.15) is 0 Å². The standard InChI is InChI=1S/C12H21N3O2/c1-12(2,3)14-8-11(16)9-17-15-7-10-5-4-6-13-10/h4-7,11,13-14,16H,8-9H2,1-3H3/b15-7+. The Balaban J connectivity index is 2.14. The number of oxime groups is 1. The number of nitrogens with zero attached hydrogens (tertiary/aromatic N) is 1. The van der Waals surface area contributed by atoms with E-state index < -0.39 is 6.10 Å². The molecule has 5 nitrogen and oxygen atoms in total. The number of hydrogen-bond donors (Lipinski definition) is 3. The molecule has 0 aliphatic heterocycles.